The molecule has 0 radical (unpaired) electrons. The molecule has 0 spiro atoms. The normalized spacial score (nSPS) is 34.6. The quantitative estimate of drug-likeness (QED) is 0.813. The maximum absolute atomic E-state index is 13.7. The molecule has 30 heavy (non-hydrogen) atoms. The van der Waals surface area contributed by atoms with Crippen LogP contribution in [0, 0.1) is 23.2 Å². The average molecular weight is 409 g/mol. The summed E-state index contributed by atoms with van der Waals surface area (Å²) in [6, 6.07) is 4.66. The molecule has 7 heteroatoms. The Labute approximate surface area is 174 Å². The predicted octanol–water partition coefficient (Wildman–Crippen LogP) is 3.27. The van der Waals surface area contributed by atoms with E-state index in [1.807, 2.05) is 4.90 Å². The molecule has 0 unspecified atom stereocenters. The van der Waals surface area contributed by atoms with Gasteiger partial charge in [-0.25, -0.2) is 4.79 Å². The van der Waals surface area contributed by atoms with Crippen LogP contribution in [-0.2, 0) is 9.59 Å². The fraction of sp³-hybridized carbons (Fsp3) is 0.609. The second-order valence-corrected chi connectivity index (χ2v) is 10.1. The van der Waals surface area contributed by atoms with Gasteiger partial charge in [0.1, 0.15) is 6.04 Å². The molecule has 1 saturated heterocycles. The molecule has 1 atom stereocenters. The highest BCUT2D eigenvalue weighted by atomic mass is 16.4. The van der Waals surface area contributed by atoms with E-state index in [0.717, 1.165) is 25.7 Å². The first-order valence-corrected chi connectivity index (χ1v) is 11.2. The Bertz CT molecular complexity index is 1050. The van der Waals surface area contributed by atoms with Crippen LogP contribution in [0.1, 0.15) is 51.4 Å². The van der Waals surface area contributed by atoms with Gasteiger partial charge in [0.15, 0.2) is 5.58 Å². The van der Waals surface area contributed by atoms with Gasteiger partial charge < -0.3 is 14.6 Å². The molecule has 1 aromatic heterocycles. The minimum Gasteiger partial charge on any atom is -0.408 e. The number of likely N-dealkylation sites (tertiary alicyclic amines) is 1. The van der Waals surface area contributed by atoms with Gasteiger partial charge in [0.25, 0.3) is 0 Å². The van der Waals surface area contributed by atoms with E-state index in [1.165, 1.54) is 19.3 Å². The summed E-state index contributed by atoms with van der Waals surface area (Å²) in [7, 11) is 0. The lowest BCUT2D eigenvalue weighted by atomic mass is 9.49. The van der Waals surface area contributed by atoms with E-state index in [-0.39, 0.29) is 17.2 Å². The van der Waals surface area contributed by atoms with Crippen LogP contribution in [0.3, 0.4) is 0 Å². The molecule has 2 aromatic rings. The SMILES string of the molecule is O=C(Nc1ccc2oc(=O)[nH]c2c1)[C@@H]1CCCN1C(=O)C12CC3CC(CC(C3)C1)C2. The molecule has 1 aliphatic heterocycles. The number of rotatable bonds is 3. The van der Waals surface area contributed by atoms with E-state index in [2.05, 4.69) is 10.3 Å². The number of H-pyrrole nitrogens is 1. The minimum atomic E-state index is -0.517. The Hall–Kier alpha value is -2.57. The van der Waals surface area contributed by atoms with E-state index < -0.39 is 11.8 Å². The maximum atomic E-state index is 13.7. The van der Waals surface area contributed by atoms with E-state index >= 15 is 0 Å². The van der Waals surface area contributed by atoms with Crippen molar-refractivity contribution in [3.8, 4) is 0 Å². The molecule has 2 amide bonds. The first-order valence-electron chi connectivity index (χ1n) is 11.2. The lowest BCUT2D eigenvalue weighted by Gasteiger charge is -2.56. The number of nitrogens with zero attached hydrogens (tertiary/aromatic N) is 1. The van der Waals surface area contributed by atoms with Crippen molar-refractivity contribution in [2.45, 2.75) is 57.4 Å². The second kappa shape index (κ2) is 6.46. The Balaban J connectivity index is 1.21. The number of hydrogen-bond donors (Lipinski definition) is 2. The number of hydrogen-bond acceptors (Lipinski definition) is 4. The van der Waals surface area contributed by atoms with Crippen molar-refractivity contribution in [3.05, 3.63) is 28.7 Å². The minimum absolute atomic E-state index is 0.143. The van der Waals surface area contributed by atoms with Crippen molar-refractivity contribution in [2.24, 2.45) is 23.2 Å². The van der Waals surface area contributed by atoms with Gasteiger partial charge in [-0.3, -0.25) is 14.6 Å². The highest BCUT2D eigenvalue weighted by Crippen LogP contribution is 2.60. The fourth-order valence-corrected chi connectivity index (χ4v) is 7.21. The number of aromatic nitrogens is 1. The predicted molar refractivity (Wildman–Crippen MR) is 111 cm³/mol. The fourth-order valence-electron chi connectivity index (χ4n) is 7.21. The van der Waals surface area contributed by atoms with Gasteiger partial charge in [-0.1, -0.05) is 0 Å². The molecule has 4 bridgehead atoms. The summed E-state index contributed by atoms with van der Waals surface area (Å²) in [5, 5.41) is 2.95. The van der Waals surface area contributed by atoms with Gasteiger partial charge in [0.05, 0.1) is 10.9 Å². The summed E-state index contributed by atoms with van der Waals surface area (Å²) in [6.45, 7) is 0.673. The van der Waals surface area contributed by atoms with Crippen molar-refractivity contribution in [3.63, 3.8) is 0 Å². The van der Waals surface area contributed by atoms with Crippen molar-refractivity contribution in [2.75, 3.05) is 11.9 Å². The molecule has 7 nitrogen and oxygen atoms in total. The summed E-state index contributed by atoms with van der Waals surface area (Å²) in [4.78, 5) is 42.7. The number of fused-ring (bicyclic) bond motifs is 1. The molecular weight excluding hydrogens is 382 g/mol. The van der Waals surface area contributed by atoms with Crippen LogP contribution < -0.4 is 11.1 Å². The van der Waals surface area contributed by atoms with E-state index in [9.17, 15) is 14.4 Å². The molecule has 4 saturated carbocycles. The van der Waals surface area contributed by atoms with Crippen LogP contribution in [0.15, 0.2) is 27.4 Å². The molecular formula is C23H27N3O4. The third kappa shape index (κ3) is 2.81. The zero-order chi connectivity index (χ0) is 20.5. The number of amides is 2. The summed E-state index contributed by atoms with van der Waals surface area (Å²) < 4.78 is 5.02. The molecule has 7 rings (SSSR count). The standard InChI is InChI=1S/C23H27N3O4/c27-20(24-16-3-4-19-17(9-16)25-22(29)30-19)18-2-1-5-26(18)21(28)23-10-13-6-14(11-23)8-15(7-13)12-23/h3-4,9,13-15,18H,1-2,5-8,10-12H2,(H,24,27)(H,25,29)/t13?,14?,15?,18-,23?/m0/s1. The first-order chi connectivity index (χ1) is 14.5. The van der Waals surface area contributed by atoms with Gasteiger partial charge in [0.2, 0.25) is 11.8 Å². The zero-order valence-corrected chi connectivity index (χ0v) is 17.0. The van der Waals surface area contributed by atoms with E-state index in [1.54, 1.807) is 18.2 Å². The van der Waals surface area contributed by atoms with Crippen LogP contribution in [0.5, 0.6) is 0 Å². The molecule has 158 valence electrons. The third-order valence-corrected chi connectivity index (χ3v) is 7.99. The van der Waals surface area contributed by atoms with Crippen molar-refractivity contribution in [1.82, 2.24) is 9.88 Å². The number of oxazole rings is 1. The maximum Gasteiger partial charge on any atom is 0.417 e. The number of aromatic amines is 1. The Morgan fingerprint density at radius 3 is 2.50 bits per heavy atom. The van der Waals surface area contributed by atoms with Crippen molar-refractivity contribution >= 4 is 28.6 Å². The average Bonchev–Trinajstić information content (AvgIpc) is 3.31. The number of carbonyl (C=O) groups is 2. The lowest BCUT2D eigenvalue weighted by Crippen LogP contribution is -2.56. The Morgan fingerprint density at radius 1 is 1.10 bits per heavy atom. The number of carbonyl (C=O) groups excluding carboxylic acids is 2. The molecule has 2 heterocycles. The molecule has 4 aliphatic carbocycles. The number of anilines is 1. The van der Waals surface area contributed by atoms with Gasteiger partial charge in [-0.2, -0.15) is 0 Å². The van der Waals surface area contributed by atoms with Crippen LogP contribution in [0.4, 0.5) is 5.69 Å². The topological polar surface area (TPSA) is 95.4 Å². The van der Waals surface area contributed by atoms with Gasteiger partial charge in [-0.15, -0.1) is 0 Å². The van der Waals surface area contributed by atoms with Crippen LogP contribution >= 0.6 is 0 Å². The molecule has 5 aliphatic rings. The van der Waals surface area contributed by atoms with Crippen LogP contribution in [0.25, 0.3) is 11.1 Å². The lowest BCUT2D eigenvalue weighted by molar-refractivity contribution is -0.160. The van der Waals surface area contributed by atoms with Crippen molar-refractivity contribution < 1.29 is 14.0 Å². The number of nitrogens with one attached hydrogen (secondary N) is 2. The van der Waals surface area contributed by atoms with Gasteiger partial charge in [0, 0.05) is 12.2 Å². The zero-order valence-electron chi connectivity index (χ0n) is 17.0. The van der Waals surface area contributed by atoms with Crippen LogP contribution in [-0.4, -0.2) is 34.3 Å². The molecule has 5 fully saturated rings. The van der Waals surface area contributed by atoms with Crippen LogP contribution in [0.2, 0.25) is 0 Å². The second-order valence-electron chi connectivity index (χ2n) is 10.1. The Morgan fingerprint density at radius 2 is 1.80 bits per heavy atom. The summed E-state index contributed by atoms with van der Waals surface area (Å²) in [6.07, 6.45) is 8.53. The smallest absolute Gasteiger partial charge is 0.408 e. The molecule has 1 aromatic carbocycles. The van der Waals surface area contributed by atoms with E-state index in [0.29, 0.717) is 47.5 Å². The summed E-state index contributed by atoms with van der Waals surface area (Å²) >= 11 is 0. The highest BCUT2D eigenvalue weighted by Gasteiger charge is 2.56. The highest BCUT2D eigenvalue weighted by molar-refractivity contribution is 5.99. The summed E-state index contributed by atoms with van der Waals surface area (Å²) in [5.74, 6) is 1.69. The largest absolute Gasteiger partial charge is 0.417 e. The first kappa shape index (κ1) is 18.2. The monoisotopic (exact) mass is 409 g/mol. The third-order valence-electron chi connectivity index (χ3n) is 7.99. The van der Waals surface area contributed by atoms with Gasteiger partial charge in [-0.05, 0) is 87.3 Å². The van der Waals surface area contributed by atoms with E-state index in [4.69, 9.17) is 4.42 Å². The van der Waals surface area contributed by atoms with Gasteiger partial charge >= 0.3 is 5.76 Å². The Kier molecular flexibility index (Phi) is 3.92. The molecule has 2 N–H and O–H groups in total. The summed E-state index contributed by atoms with van der Waals surface area (Å²) in [5.41, 5.74) is 1.38. The number of benzene rings is 1. The van der Waals surface area contributed by atoms with Crippen molar-refractivity contribution in [1.29, 1.82) is 0 Å².